The van der Waals surface area contributed by atoms with Crippen molar-refractivity contribution in [3.05, 3.63) is 75.2 Å². The standard InChI is InChI=1S/C18H13BrClN3O2/c1-11-2-3-12(7-16(11)20)17-5-4-15(25-17)10-22-23-18(24)13-6-14(19)9-21-8-13/h2-10H,1H3,(H,23,24)/b22-10-. The first-order valence-corrected chi connectivity index (χ1v) is 8.50. The zero-order valence-electron chi connectivity index (χ0n) is 13.2. The van der Waals surface area contributed by atoms with E-state index in [4.69, 9.17) is 16.0 Å². The summed E-state index contributed by atoms with van der Waals surface area (Å²) >= 11 is 9.40. The van der Waals surface area contributed by atoms with E-state index in [9.17, 15) is 4.79 Å². The summed E-state index contributed by atoms with van der Waals surface area (Å²) in [6.07, 6.45) is 4.49. The molecule has 1 N–H and O–H groups in total. The van der Waals surface area contributed by atoms with Gasteiger partial charge in [0.05, 0.1) is 11.8 Å². The van der Waals surface area contributed by atoms with Crippen LogP contribution in [0.2, 0.25) is 5.02 Å². The maximum atomic E-state index is 12.0. The molecule has 3 aromatic rings. The molecule has 0 aliphatic carbocycles. The molecular formula is C18H13BrClN3O2. The van der Waals surface area contributed by atoms with Crippen LogP contribution in [-0.4, -0.2) is 17.1 Å². The van der Waals surface area contributed by atoms with Gasteiger partial charge in [0.1, 0.15) is 11.5 Å². The summed E-state index contributed by atoms with van der Waals surface area (Å²) in [6.45, 7) is 1.94. The number of furan rings is 1. The van der Waals surface area contributed by atoms with Crippen molar-refractivity contribution in [2.45, 2.75) is 6.92 Å². The monoisotopic (exact) mass is 417 g/mol. The molecule has 0 radical (unpaired) electrons. The molecule has 0 spiro atoms. The molecule has 0 bridgehead atoms. The van der Waals surface area contributed by atoms with Crippen molar-refractivity contribution in [1.82, 2.24) is 10.4 Å². The van der Waals surface area contributed by atoms with Gasteiger partial charge in [-0.05, 0) is 52.7 Å². The van der Waals surface area contributed by atoms with Gasteiger partial charge in [-0.25, -0.2) is 5.43 Å². The van der Waals surface area contributed by atoms with Crippen LogP contribution in [0.25, 0.3) is 11.3 Å². The Bertz CT molecular complexity index is 953. The summed E-state index contributed by atoms with van der Waals surface area (Å²) < 4.78 is 6.41. The van der Waals surface area contributed by atoms with Crippen LogP contribution in [0, 0.1) is 6.92 Å². The maximum Gasteiger partial charge on any atom is 0.272 e. The fraction of sp³-hybridized carbons (Fsp3) is 0.0556. The summed E-state index contributed by atoms with van der Waals surface area (Å²) in [7, 11) is 0. The Hall–Kier alpha value is -2.44. The van der Waals surface area contributed by atoms with Crippen LogP contribution in [0.4, 0.5) is 0 Å². The molecular weight excluding hydrogens is 406 g/mol. The fourth-order valence-corrected chi connectivity index (χ4v) is 2.62. The highest BCUT2D eigenvalue weighted by molar-refractivity contribution is 9.10. The number of carbonyl (C=O) groups is 1. The highest BCUT2D eigenvalue weighted by Gasteiger charge is 2.07. The van der Waals surface area contributed by atoms with Crippen LogP contribution >= 0.6 is 27.5 Å². The number of aromatic nitrogens is 1. The summed E-state index contributed by atoms with van der Waals surface area (Å²) in [5, 5.41) is 4.58. The van der Waals surface area contributed by atoms with E-state index in [-0.39, 0.29) is 5.91 Å². The Morgan fingerprint density at radius 2 is 2.12 bits per heavy atom. The van der Waals surface area contributed by atoms with Gasteiger partial charge in [-0.1, -0.05) is 23.7 Å². The van der Waals surface area contributed by atoms with Gasteiger partial charge in [-0.3, -0.25) is 9.78 Å². The molecule has 0 saturated heterocycles. The molecule has 0 saturated carbocycles. The zero-order chi connectivity index (χ0) is 17.8. The smallest absolute Gasteiger partial charge is 0.272 e. The lowest BCUT2D eigenvalue weighted by atomic mass is 10.1. The van der Waals surface area contributed by atoms with Crippen molar-refractivity contribution in [2.24, 2.45) is 5.10 Å². The number of nitrogens with zero attached hydrogens (tertiary/aromatic N) is 2. The Kier molecular flexibility index (Phi) is 5.31. The van der Waals surface area contributed by atoms with Crippen LogP contribution < -0.4 is 5.43 Å². The Labute approximate surface area is 157 Å². The van der Waals surface area contributed by atoms with Crippen molar-refractivity contribution in [3.63, 3.8) is 0 Å². The van der Waals surface area contributed by atoms with Crippen LogP contribution in [0.3, 0.4) is 0 Å². The van der Waals surface area contributed by atoms with E-state index in [0.717, 1.165) is 15.6 Å². The summed E-state index contributed by atoms with van der Waals surface area (Å²) in [6, 6.07) is 11.0. The van der Waals surface area contributed by atoms with Crippen molar-refractivity contribution in [2.75, 3.05) is 0 Å². The van der Waals surface area contributed by atoms with Gasteiger partial charge in [0.15, 0.2) is 0 Å². The average molecular weight is 419 g/mol. The first kappa shape index (κ1) is 17.4. The first-order valence-electron chi connectivity index (χ1n) is 7.33. The maximum absolute atomic E-state index is 12.0. The molecule has 3 rings (SSSR count). The Balaban J connectivity index is 1.67. The molecule has 7 heteroatoms. The molecule has 0 unspecified atom stereocenters. The molecule has 1 aromatic carbocycles. The lowest BCUT2D eigenvalue weighted by Crippen LogP contribution is -2.17. The average Bonchev–Trinajstić information content (AvgIpc) is 3.06. The van der Waals surface area contributed by atoms with E-state index in [1.807, 2.05) is 31.2 Å². The van der Waals surface area contributed by atoms with Crippen LogP contribution in [0.15, 0.2) is 62.8 Å². The van der Waals surface area contributed by atoms with Crippen LogP contribution in [-0.2, 0) is 0 Å². The minimum Gasteiger partial charge on any atom is -0.455 e. The summed E-state index contributed by atoms with van der Waals surface area (Å²) in [5.74, 6) is 0.826. The fourth-order valence-electron chi connectivity index (χ4n) is 2.08. The van der Waals surface area contributed by atoms with Crippen LogP contribution in [0.5, 0.6) is 0 Å². The van der Waals surface area contributed by atoms with Gasteiger partial charge < -0.3 is 4.42 Å². The van der Waals surface area contributed by atoms with Crippen molar-refractivity contribution in [1.29, 1.82) is 0 Å². The molecule has 0 atom stereocenters. The lowest BCUT2D eigenvalue weighted by Gasteiger charge is -2.01. The van der Waals surface area contributed by atoms with E-state index in [2.05, 4.69) is 31.4 Å². The van der Waals surface area contributed by atoms with Crippen molar-refractivity contribution < 1.29 is 9.21 Å². The Morgan fingerprint density at radius 3 is 2.88 bits per heavy atom. The van der Waals surface area contributed by atoms with E-state index in [0.29, 0.717) is 22.1 Å². The number of rotatable bonds is 4. The highest BCUT2D eigenvalue weighted by atomic mass is 79.9. The molecule has 0 aliphatic rings. The minimum absolute atomic E-state index is 0.359. The number of carbonyl (C=O) groups excluding carboxylic acids is 1. The van der Waals surface area contributed by atoms with Gasteiger partial charge in [0.2, 0.25) is 0 Å². The van der Waals surface area contributed by atoms with Gasteiger partial charge in [0, 0.05) is 27.5 Å². The number of benzene rings is 1. The number of pyridine rings is 1. The molecule has 5 nitrogen and oxygen atoms in total. The second-order valence-corrected chi connectivity index (χ2v) is 6.58. The van der Waals surface area contributed by atoms with Gasteiger partial charge in [-0.2, -0.15) is 5.10 Å². The largest absolute Gasteiger partial charge is 0.455 e. The normalized spacial score (nSPS) is 11.0. The van der Waals surface area contributed by atoms with Gasteiger partial charge in [-0.15, -0.1) is 0 Å². The third kappa shape index (κ3) is 4.35. The third-order valence-corrected chi connectivity index (χ3v) is 4.25. The molecule has 1 amide bonds. The quantitative estimate of drug-likeness (QED) is 0.487. The molecule has 0 aliphatic heterocycles. The summed E-state index contributed by atoms with van der Waals surface area (Å²) in [4.78, 5) is 15.9. The van der Waals surface area contributed by atoms with E-state index >= 15 is 0 Å². The number of aryl methyl sites for hydroxylation is 1. The second-order valence-electron chi connectivity index (χ2n) is 5.26. The summed E-state index contributed by atoms with van der Waals surface area (Å²) in [5.41, 5.74) is 4.71. The van der Waals surface area contributed by atoms with Crippen LogP contribution in [0.1, 0.15) is 21.7 Å². The molecule has 2 heterocycles. The van der Waals surface area contributed by atoms with Gasteiger partial charge in [0.25, 0.3) is 5.91 Å². The molecule has 25 heavy (non-hydrogen) atoms. The molecule has 0 fully saturated rings. The molecule has 126 valence electrons. The van der Waals surface area contributed by atoms with E-state index < -0.39 is 0 Å². The van der Waals surface area contributed by atoms with E-state index in [1.165, 1.54) is 12.4 Å². The van der Waals surface area contributed by atoms with E-state index in [1.54, 1.807) is 18.3 Å². The number of nitrogens with one attached hydrogen (secondary N) is 1. The van der Waals surface area contributed by atoms with Gasteiger partial charge >= 0.3 is 0 Å². The Morgan fingerprint density at radius 1 is 1.28 bits per heavy atom. The predicted octanol–water partition coefficient (Wildman–Crippen LogP) is 4.83. The number of amides is 1. The first-order chi connectivity index (χ1) is 12.0. The zero-order valence-corrected chi connectivity index (χ0v) is 15.5. The number of hydrazone groups is 1. The highest BCUT2D eigenvalue weighted by Crippen LogP contribution is 2.26. The number of halogens is 2. The predicted molar refractivity (Wildman–Crippen MR) is 101 cm³/mol. The number of hydrogen-bond donors (Lipinski definition) is 1. The SMILES string of the molecule is Cc1ccc(-c2ccc(/C=N\NC(=O)c3cncc(Br)c3)o2)cc1Cl. The second kappa shape index (κ2) is 7.63. The molecule has 2 aromatic heterocycles. The minimum atomic E-state index is -0.359. The number of hydrogen-bond acceptors (Lipinski definition) is 4. The third-order valence-electron chi connectivity index (χ3n) is 3.41. The lowest BCUT2D eigenvalue weighted by molar-refractivity contribution is 0.0954. The van der Waals surface area contributed by atoms with Crippen molar-refractivity contribution in [3.8, 4) is 11.3 Å². The topological polar surface area (TPSA) is 67.5 Å². The van der Waals surface area contributed by atoms with Crippen molar-refractivity contribution >= 4 is 39.7 Å².